The first-order valence-electron chi connectivity index (χ1n) is 16.5. The van der Waals surface area contributed by atoms with Crippen LogP contribution in [0.4, 0.5) is 11.4 Å². The number of esters is 1. The van der Waals surface area contributed by atoms with E-state index in [1.54, 1.807) is 23.1 Å². The molecule has 7 nitrogen and oxygen atoms in total. The van der Waals surface area contributed by atoms with Crippen molar-refractivity contribution in [3.63, 3.8) is 0 Å². The quantitative estimate of drug-likeness (QED) is 0.170. The molecule has 0 saturated heterocycles. The van der Waals surface area contributed by atoms with Crippen LogP contribution < -0.4 is 10.2 Å². The Morgan fingerprint density at radius 1 is 0.804 bits per heavy atom. The predicted molar refractivity (Wildman–Crippen MR) is 192 cm³/mol. The van der Waals surface area contributed by atoms with Crippen LogP contribution in [0.1, 0.15) is 93.8 Å². The van der Waals surface area contributed by atoms with Crippen molar-refractivity contribution in [1.29, 1.82) is 0 Å². The monoisotopic (exact) mass is 627 g/mol. The standard InChI is InChI=1S/C18H15NO3.C13H19NO.C8H19N/c1-11(12-6-4-3-5-7-12)16-14-9-8-13(18(21)22-2)10-15(14)19-17(16)20;1-4-6-11-7-9-12(10-8-11)14(3)13(15)5-2;1-4-6-8-9(3)7-5-2/h3-10H,1-2H3,(H,19,20);7-10H,4-6H2,1-3H3;4-8H2,1-3H3/b16-11+;;. The normalized spacial score (nSPS) is 12.6. The highest BCUT2D eigenvalue weighted by Gasteiger charge is 2.27. The number of ether oxygens (including phenoxy) is 1. The summed E-state index contributed by atoms with van der Waals surface area (Å²) < 4.78 is 4.70. The van der Waals surface area contributed by atoms with Crippen LogP contribution in [0.5, 0.6) is 0 Å². The molecule has 46 heavy (non-hydrogen) atoms. The van der Waals surface area contributed by atoms with Gasteiger partial charge >= 0.3 is 5.97 Å². The van der Waals surface area contributed by atoms with Gasteiger partial charge in [0.05, 0.1) is 18.2 Å². The summed E-state index contributed by atoms with van der Waals surface area (Å²) in [6.07, 6.45) is 6.74. The molecule has 7 heteroatoms. The number of rotatable bonds is 11. The molecular weight excluding hydrogens is 574 g/mol. The number of fused-ring (bicyclic) bond motifs is 1. The van der Waals surface area contributed by atoms with E-state index in [-0.39, 0.29) is 11.8 Å². The lowest BCUT2D eigenvalue weighted by Crippen LogP contribution is -2.24. The summed E-state index contributed by atoms with van der Waals surface area (Å²) in [6.45, 7) is 12.9. The third-order valence-electron chi connectivity index (χ3n) is 7.80. The summed E-state index contributed by atoms with van der Waals surface area (Å²) in [6, 6.07) is 23.1. The molecule has 0 saturated carbocycles. The molecule has 4 rings (SSSR count). The first-order chi connectivity index (χ1) is 22.1. The van der Waals surface area contributed by atoms with E-state index >= 15 is 0 Å². The summed E-state index contributed by atoms with van der Waals surface area (Å²) in [5, 5.41) is 2.81. The topological polar surface area (TPSA) is 79.0 Å². The van der Waals surface area contributed by atoms with Gasteiger partial charge in [0.1, 0.15) is 0 Å². The molecule has 3 aromatic carbocycles. The lowest BCUT2D eigenvalue weighted by atomic mass is 9.96. The Balaban J connectivity index is 0.000000266. The molecule has 0 atom stereocenters. The van der Waals surface area contributed by atoms with Gasteiger partial charge in [-0.3, -0.25) is 9.59 Å². The number of allylic oxidation sites excluding steroid dienone is 1. The number of benzene rings is 3. The Kier molecular flexibility index (Phi) is 16.5. The van der Waals surface area contributed by atoms with Gasteiger partial charge in [0.15, 0.2) is 0 Å². The molecule has 3 aromatic rings. The number of amides is 2. The fourth-order valence-corrected chi connectivity index (χ4v) is 5.10. The van der Waals surface area contributed by atoms with Gasteiger partial charge in [-0.25, -0.2) is 4.79 Å². The largest absolute Gasteiger partial charge is 0.465 e. The number of anilines is 2. The van der Waals surface area contributed by atoms with Crippen LogP contribution in [0.15, 0.2) is 72.8 Å². The molecule has 0 radical (unpaired) electrons. The Morgan fingerprint density at radius 3 is 2.04 bits per heavy atom. The lowest BCUT2D eigenvalue weighted by Gasteiger charge is -2.16. The molecule has 0 fully saturated rings. The van der Waals surface area contributed by atoms with Gasteiger partial charge in [0, 0.05) is 30.4 Å². The predicted octanol–water partition coefficient (Wildman–Crippen LogP) is 8.50. The van der Waals surface area contributed by atoms with Crippen LogP contribution in [0.25, 0.3) is 11.1 Å². The van der Waals surface area contributed by atoms with E-state index in [9.17, 15) is 14.4 Å². The average Bonchev–Trinajstić information content (AvgIpc) is 3.42. The van der Waals surface area contributed by atoms with Crippen molar-refractivity contribution in [3.8, 4) is 0 Å². The minimum atomic E-state index is -0.422. The van der Waals surface area contributed by atoms with Gasteiger partial charge in [0.2, 0.25) is 5.91 Å². The Hall–Kier alpha value is -4.23. The second-order valence-electron chi connectivity index (χ2n) is 11.5. The highest BCUT2D eigenvalue weighted by molar-refractivity contribution is 6.36. The Morgan fingerprint density at radius 2 is 1.48 bits per heavy atom. The van der Waals surface area contributed by atoms with Crippen molar-refractivity contribution in [1.82, 2.24) is 4.90 Å². The number of methoxy groups -OCH3 is 1. The number of unbranched alkanes of at least 4 members (excludes halogenated alkanes) is 1. The van der Waals surface area contributed by atoms with Crippen LogP contribution in [-0.4, -0.2) is 57.0 Å². The maximum atomic E-state index is 12.3. The van der Waals surface area contributed by atoms with E-state index in [0.29, 0.717) is 23.2 Å². The number of carbonyl (C=O) groups is 3. The highest BCUT2D eigenvalue weighted by Crippen LogP contribution is 2.37. The molecule has 0 aliphatic carbocycles. The molecule has 1 N–H and O–H groups in total. The second-order valence-corrected chi connectivity index (χ2v) is 11.5. The number of hydrogen-bond donors (Lipinski definition) is 1. The maximum Gasteiger partial charge on any atom is 0.337 e. The summed E-state index contributed by atoms with van der Waals surface area (Å²) in [5.74, 6) is -0.425. The first kappa shape index (κ1) is 38.0. The van der Waals surface area contributed by atoms with E-state index in [4.69, 9.17) is 4.74 Å². The van der Waals surface area contributed by atoms with Crippen molar-refractivity contribution < 1.29 is 19.1 Å². The molecule has 1 aliphatic heterocycles. The molecule has 1 aliphatic rings. The summed E-state index contributed by atoms with van der Waals surface area (Å²) in [5.41, 5.74) is 6.70. The average molecular weight is 628 g/mol. The zero-order chi connectivity index (χ0) is 34.1. The van der Waals surface area contributed by atoms with E-state index in [1.807, 2.05) is 63.4 Å². The number of aryl methyl sites for hydroxylation is 1. The van der Waals surface area contributed by atoms with Crippen LogP contribution in [0.3, 0.4) is 0 Å². The zero-order valence-corrected chi connectivity index (χ0v) is 29.1. The highest BCUT2D eigenvalue weighted by atomic mass is 16.5. The molecule has 0 aromatic heterocycles. The van der Waals surface area contributed by atoms with Crippen LogP contribution in [0.2, 0.25) is 0 Å². The third kappa shape index (κ3) is 11.3. The molecule has 248 valence electrons. The van der Waals surface area contributed by atoms with Crippen molar-refractivity contribution >= 4 is 40.3 Å². The molecule has 2 amide bonds. The lowest BCUT2D eigenvalue weighted by molar-refractivity contribution is -0.118. The fraction of sp³-hybridized carbons (Fsp3) is 0.410. The van der Waals surface area contributed by atoms with Crippen LogP contribution >= 0.6 is 0 Å². The summed E-state index contributed by atoms with van der Waals surface area (Å²) in [4.78, 5) is 39.4. The van der Waals surface area contributed by atoms with Gasteiger partial charge in [-0.1, -0.05) is 89.1 Å². The summed E-state index contributed by atoms with van der Waals surface area (Å²) in [7, 11) is 5.35. The molecular formula is C39H53N3O4. The van der Waals surface area contributed by atoms with Crippen molar-refractivity contribution in [2.45, 2.75) is 73.1 Å². The summed E-state index contributed by atoms with van der Waals surface area (Å²) >= 11 is 0. The van der Waals surface area contributed by atoms with Gasteiger partial charge in [-0.2, -0.15) is 0 Å². The van der Waals surface area contributed by atoms with Gasteiger partial charge < -0.3 is 19.9 Å². The second kappa shape index (κ2) is 20.0. The maximum absolute atomic E-state index is 12.3. The minimum absolute atomic E-state index is 0.151. The zero-order valence-electron chi connectivity index (χ0n) is 29.1. The van der Waals surface area contributed by atoms with Crippen molar-refractivity contribution in [2.75, 3.05) is 44.5 Å². The van der Waals surface area contributed by atoms with Gasteiger partial charge in [-0.15, -0.1) is 0 Å². The van der Waals surface area contributed by atoms with E-state index in [1.165, 1.54) is 45.0 Å². The number of nitrogens with one attached hydrogen (secondary N) is 1. The SMILES string of the molecule is CCCCN(C)CCC.CCCc1ccc(N(C)C(=O)CC)cc1.COC(=O)c1ccc2c(c1)NC(=O)/C2=C(\C)c1ccccc1. The van der Waals surface area contributed by atoms with Crippen molar-refractivity contribution in [3.05, 3.63) is 95.1 Å². The van der Waals surface area contributed by atoms with Crippen molar-refractivity contribution in [2.24, 2.45) is 0 Å². The molecule has 0 bridgehead atoms. The smallest absolute Gasteiger partial charge is 0.337 e. The van der Waals surface area contributed by atoms with E-state index in [0.717, 1.165) is 35.2 Å². The number of nitrogens with zero attached hydrogens (tertiary/aromatic N) is 2. The molecule has 0 unspecified atom stereocenters. The van der Waals surface area contributed by atoms with E-state index < -0.39 is 5.97 Å². The number of hydrogen-bond acceptors (Lipinski definition) is 5. The minimum Gasteiger partial charge on any atom is -0.465 e. The van der Waals surface area contributed by atoms with Gasteiger partial charge in [0.25, 0.3) is 5.91 Å². The van der Waals surface area contributed by atoms with Crippen LogP contribution in [0, 0.1) is 0 Å². The third-order valence-corrected chi connectivity index (χ3v) is 7.80. The fourth-order valence-electron chi connectivity index (χ4n) is 5.10. The molecule has 1 heterocycles. The van der Waals surface area contributed by atoms with E-state index in [2.05, 4.69) is 50.2 Å². The Labute approximate surface area is 276 Å². The first-order valence-corrected chi connectivity index (χ1v) is 16.5. The Bertz CT molecular complexity index is 1430. The van der Waals surface area contributed by atoms with Crippen LogP contribution in [-0.2, 0) is 20.7 Å². The molecule has 0 spiro atoms. The number of carbonyl (C=O) groups excluding carboxylic acids is 3. The van der Waals surface area contributed by atoms with Gasteiger partial charge in [-0.05, 0) is 87.3 Å².